The first-order valence-corrected chi connectivity index (χ1v) is 8.28. The standard InChI is InChI=1S/C17H27N5O4/c18-15-3-1-14(2-4-15)16(22-20)13-21-6-8-25-10-12-26-11-9-24-7-5-17(19)23/h1-4,13H,5-12,18,20H2,(H2,19,23)/b21-13?,22-16+. The van der Waals surface area contributed by atoms with Gasteiger partial charge in [-0.25, -0.2) is 0 Å². The van der Waals surface area contributed by atoms with E-state index in [0.717, 1.165) is 5.56 Å². The number of hydrogen-bond acceptors (Lipinski definition) is 8. The summed E-state index contributed by atoms with van der Waals surface area (Å²) in [5.41, 5.74) is 12.7. The molecule has 0 spiro atoms. The lowest BCUT2D eigenvalue weighted by molar-refractivity contribution is -0.119. The molecule has 0 atom stereocenters. The largest absolute Gasteiger partial charge is 0.399 e. The Balaban J connectivity index is 2.02. The van der Waals surface area contributed by atoms with Gasteiger partial charge in [0.25, 0.3) is 0 Å². The van der Waals surface area contributed by atoms with Gasteiger partial charge < -0.3 is 31.5 Å². The molecule has 9 nitrogen and oxygen atoms in total. The molecule has 9 heteroatoms. The van der Waals surface area contributed by atoms with Crippen molar-refractivity contribution < 1.29 is 19.0 Å². The molecule has 0 aliphatic rings. The van der Waals surface area contributed by atoms with Crippen molar-refractivity contribution in [2.75, 3.05) is 51.9 Å². The summed E-state index contributed by atoms with van der Waals surface area (Å²) in [6, 6.07) is 7.22. The molecule has 1 rings (SSSR count). The van der Waals surface area contributed by atoms with Gasteiger partial charge in [0.15, 0.2) is 0 Å². The molecule has 0 unspecified atom stereocenters. The molecule has 1 aromatic carbocycles. The molecule has 0 saturated carbocycles. The Morgan fingerprint density at radius 1 is 0.962 bits per heavy atom. The van der Waals surface area contributed by atoms with E-state index in [1.165, 1.54) is 0 Å². The summed E-state index contributed by atoms with van der Waals surface area (Å²) in [6.45, 7) is 3.06. The highest BCUT2D eigenvalue weighted by Crippen LogP contribution is 2.05. The quantitative estimate of drug-likeness (QED) is 0.138. The van der Waals surface area contributed by atoms with Gasteiger partial charge in [0.2, 0.25) is 5.91 Å². The fourth-order valence-corrected chi connectivity index (χ4v) is 1.82. The van der Waals surface area contributed by atoms with E-state index in [9.17, 15) is 4.79 Å². The van der Waals surface area contributed by atoms with E-state index in [1.807, 2.05) is 12.1 Å². The monoisotopic (exact) mass is 365 g/mol. The van der Waals surface area contributed by atoms with E-state index in [2.05, 4.69) is 10.1 Å². The summed E-state index contributed by atoms with van der Waals surface area (Å²) < 4.78 is 15.9. The summed E-state index contributed by atoms with van der Waals surface area (Å²) in [5, 5.41) is 3.71. The fraction of sp³-hybridized carbons (Fsp3) is 0.471. The number of benzene rings is 1. The Labute approximate surface area is 153 Å². The highest BCUT2D eigenvalue weighted by molar-refractivity contribution is 6.38. The number of carbonyl (C=O) groups excluding carboxylic acids is 1. The first-order chi connectivity index (χ1) is 12.6. The van der Waals surface area contributed by atoms with Gasteiger partial charge in [0.1, 0.15) is 5.71 Å². The second kappa shape index (κ2) is 13.8. The Morgan fingerprint density at radius 2 is 1.54 bits per heavy atom. The average molecular weight is 365 g/mol. The molecule has 0 radical (unpaired) electrons. The van der Waals surface area contributed by atoms with Crippen LogP contribution >= 0.6 is 0 Å². The Hall–Kier alpha value is -2.49. The molecule has 0 aliphatic carbocycles. The fourth-order valence-electron chi connectivity index (χ4n) is 1.82. The number of carbonyl (C=O) groups is 1. The SMILES string of the molecule is N/N=C(\C=NCCOCCOCCOCCC(N)=O)c1ccc(N)cc1. The van der Waals surface area contributed by atoms with Gasteiger partial charge in [0, 0.05) is 23.9 Å². The van der Waals surface area contributed by atoms with Gasteiger partial charge in [-0.3, -0.25) is 9.79 Å². The van der Waals surface area contributed by atoms with Gasteiger partial charge in [-0.1, -0.05) is 12.1 Å². The van der Waals surface area contributed by atoms with Gasteiger partial charge in [-0.2, -0.15) is 5.10 Å². The Kier molecular flexibility index (Phi) is 11.4. The molecule has 0 heterocycles. The molecule has 0 fully saturated rings. The van der Waals surface area contributed by atoms with Crippen molar-refractivity contribution >= 4 is 23.5 Å². The minimum absolute atomic E-state index is 0.221. The summed E-state index contributed by atoms with van der Waals surface area (Å²) in [7, 11) is 0. The zero-order valence-electron chi connectivity index (χ0n) is 14.8. The zero-order valence-corrected chi connectivity index (χ0v) is 14.8. The highest BCUT2D eigenvalue weighted by Gasteiger charge is 1.99. The molecule has 0 aliphatic heterocycles. The van der Waals surface area contributed by atoms with Crippen LogP contribution in [0.5, 0.6) is 0 Å². The van der Waals surface area contributed by atoms with Crippen LogP contribution in [0.2, 0.25) is 0 Å². The van der Waals surface area contributed by atoms with Crippen LogP contribution < -0.4 is 17.3 Å². The van der Waals surface area contributed by atoms with Crippen molar-refractivity contribution in [2.45, 2.75) is 6.42 Å². The van der Waals surface area contributed by atoms with Crippen LogP contribution in [0.4, 0.5) is 5.69 Å². The van der Waals surface area contributed by atoms with Crippen LogP contribution in [0, 0.1) is 0 Å². The van der Waals surface area contributed by atoms with E-state index >= 15 is 0 Å². The summed E-state index contributed by atoms with van der Waals surface area (Å²) >= 11 is 0. The Bertz CT molecular complexity index is 575. The van der Waals surface area contributed by atoms with E-state index in [4.69, 9.17) is 31.5 Å². The zero-order chi connectivity index (χ0) is 19.0. The van der Waals surface area contributed by atoms with Crippen molar-refractivity contribution in [2.24, 2.45) is 21.7 Å². The van der Waals surface area contributed by atoms with Crippen molar-refractivity contribution in [3.8, 4) is 0 Å². The Morgan fingerprint density at radius 3 is 2.12 bits per heavy atom. The minimum atomic E-state index is -0.375. The predicted octanol–water partition coefficient (Wildman–Crippen LogP) is -0.0724. The van der Waals surface area contributed by atoms with Crippen LogP contribution in [0.25, 0.3) is 0 Å². The van der Waals surface area contributed by atoms with Crippen molar-refractivity contribution in [3.05, 3.63) is 29.8 Å². The van der Waals surface area contributed by atoms with Crippen LogP contribution in [0.1, 0.15) is 12.0 Å². The lowest BCUT2D eigenvalue weighted by Crippen LogP contribution is -2.15. The summed E-state index contributed by atoms with van der Waals surface area (Å²) in [6.07, 6.45) is 1.83. The number of hydrazone groups is 1. The third-order valence-electron chi connectivity index (χ3n) is 3.16. The van der Waals surface area contributed by atoms with Crippen LogP contribution in [-0.4, -0.2) is 64.0 Å². The second-order valence-corrected chi connectivity index (χ2v) is 5.23. The first-order valence-electron chi connectivity index (χ1n) is 8.28. The van der Waals surface area contributed by atoms with E-state index < -0.39 is 0 Å². The third kappa shape index (κ3) is 10.4. The third-order valence-corrected chi connectivity index (χ3v) is 3.16. The molecule has 0 bridgehead atoms. The number of nitrogens with zero attached hydrogens (tertiary/aromatic N) is 2. The smallest absolute Gasteiger partial charge is 0.219 e. The molecule has 144 valence electrons. The normalized spacial score (nSPS) is 11.9. The van der Waals surface area contributed by atoms with Gasteiger partial charge in [0.05, 0.1) is 46.2 Å². The maximum Gasteiger partial charge on any atom is 0.219 e. The molecular weight excluding hydrogens is 338 g/mol. The predicted molar refractivity (Wildman–Crippen MR) is 101 cm³/mol. The highest BCUT2D eigenvalue weighted by atomic mass is 16.5. The first kappa shape index (κ1) is 21.6. The molecule has 0 aromatic heterocycles. The number of rotatable bonds is 14. The lowest BCUT2D eigenvalue weighted by Gasteiger charge is -2.05. The van der Waals surface area contributed by atoms with E-state index in [0.29, 0.717) is 57.6 Å². The number of amides is 1. The minimum Gasteiger partial charge on any atom is -0.399 e. The molecule has 26 heavy (non-hydrogen) atoms. The molecule has 1 amide bonds. The van der Waals surface area contributed by atoms with Gasteiger partial charge in [-0.15, -0.1) is 0 Å². The second-order valence-electron chi connectivity index (χ2n) is 5.23. The van der Waals surface area contributed by atoms with Gasteiger partial charge in [-0.05, 0) is 12.1 Å². The average Bonchev–Trinajstić information content (AvgIpc) is 2.63. The van der Waals surface area contributed by atoms with Gasteiger partial charge >= 0.3 is 0 Å². The maximum absolute atomic E-state index is 10.5. The number of hydrogen-bond donors (Lipinski definition) is 3. The molecule has 1 aromatic rings. The maximum atomic E-state index is 10.5. The number of nitrogens with two attached hydrogens (primary N) is 3. The van der Waals surface area contributed by atoms with E-state index in [1.54, 1.807) is 18.3 Å². The van der Waals surface area contributed by atoms with E-state index in [-0.39, 0.29) is 12.3 Å². The molecule has 6 N–H and O–H groups in total. The molecule has 0 saturated heterocycles. The topological polar surface area (TPSA) is 148 Å². The number of ether oxygens (including phenoxy) is 3. The number of primary amides is 1. The molecular formula is C17H27N5O4. The summed E-state index contributed by atoms with van der Waals surface area (Å²) in [5.74, 6) is 5.01. The number of anilines is 1. The van der Waals surface area contributed by atoms with Crippen LogP contribution in [0.15, 0.2) is 34.4 Å². The van der Waals surface area contributed by atoms with Crippen molar-refractivity contribution in [1.29, 1.82) is 0 Å². The summed E-state index contributed by atoms with van der Waals surface area (Å²) in [4.78, 5) is 14.7. The lowest BCUT2D eigenvalue weighted by atomic mass is 10.1. The van der Waals surface area contributed by atoms with Crippen LogP contribution in [-0.2, 0) is 19.0 Å². The number of nitrogen functional groups attached to an aromatic ring is 1. The van der Waals surface area contributed by atoms with Crippen molar-refractivity contribution in [1.82, 2.24) is 0 Å². The van der Waals surface area contributed by atoms with Crippen LogP contribution in [0.3, 0.4) is 0 Å². The van der Waals surface area contributed by atoms with Crippen molar-refractivity contribution in [3.63, 3.8) is 0 Å². The number of aliphatic imine (C=N–C) groups is 1.